The maximum Gasteiger partial charge on any atom is 0.471 e. The van der Waals surface area contributed by atoms with Gasteiger partial charge in [0.25, 0.3) is 0 Å². The van der Waals surface area contributed by atoms with Gasteiger partial charge in [-0.25, -0.2) is 0 Å². The number of rotatable bonds is 44. The van der Waals surface area contributed by atoms with E-state index in [9.17, 15) is 144 Å². The summed E-state index contributed by atoms with van der Waals surface area (Å²) in [4.78, 5) is 99.5. The Morgan fingerprint density at radius 2 is 0.441 bits per heavy atom. The van der Waals surface area contributed by atoms with Gasteiger partial charge in [0.1, 0.15) is 17.1 Å². The minimum Gasteiger partial charge on any atom is -0.497 e. The maximum atomic E-state index is 14.1. The van der Waals surface area contributed by atoms with Gasteiger partial charge >= 0.3 is 96.7 Å². The van der Waals surface area contributed by atoms with Crippen LogP contribution in [0.4, 0.5) is 105 Å². The van der Waals surface area contributed by atoms with Crippen molar-refractivity contribution in [3.05, 3.63) is 95.6 Å². The lowest BCUT2D eigenvalue weighted by molar-refractivity contribution is -0.187. The lowest BCUT2D eigenvalue weighted by Gasteiger charge is -2.36. The molecular formula is C67H80F24N8O12. The van der Waals surface area contributed by atoms with Crippen LogP contribution in [0.5, 0.6) is 11.5 Å². The van der Waals surface area contributed by atoms with Crippen LogP contribution in [0.25, 0.3) is 0 Å². The molecule has 0 bridgehead atoms. The zero-order chi connectivity index (χ0) is 84.2. The van der Waals surface area contributed by atoms with Crippen LogP contribution in [0.1, 0.15) is 93.7 Å². The molecule has 628 valence electrons. The van der Waals surface area contributed by atoms with E-state index in [0.29, 0.717) is 28.2 Å². The number of ether oxygens (including phenoxy) is 3. The van der Waals surface area contributed by atoms with Crippen LogP contribution in [0.15, 0.2) is 78.9 Å². The molecule has 0 spiro atoms. The minimum atomic E-state index is -5.77. The average molecular weight is 1650 g/mol. The van der Waals surface area contributed by atoms with Crippen LogP contribution < -0.4 is 9.47 Å². The second-order valence-electron chi connectivity index (χ2n) is 24.6. The third kappa shape index (κ3) is 31.4. The summed E-state index contributed by atoms with van der Waals surface area (Å²) >= 11 is 0. The number of benzene rings is 3. The van der Waals surface area contributed by atoms with Gasteiger partial charge in [-0.2, -0.15) is 105 Å². The second-order valence-corrected chi connectivity index (χ2v) is 24.6. The molecule has 0 unspecified atom stereocenters. The van der Waals surface area contributed by atoms with Crippen molar-refractivity contribution in [2.45, 2.75) is 132 Å². The summed E-state index contributed by atoms with van der Waals surface area (Å²) < 4.78 is 347. The first-order valence-corrected chi connectivity index (χ1v) is 33.9. The Hall–Kier alpha value is -8.74. The van der Waals surface area contributed by atoms with Gasteiger partial charge in [0.05, 0.1) is 20.8 Å². The van der Waals surface area contributed by atoms with Crippen molar-refractivity contribution in [1.82, 2.24) is 39.2 Å². The van der Waals surface area contributed by atoms with E-state index >= 15 is 0 Å². The molecule has 0 aromatic heterocycles. The van der Waals surface area contributed by atoms with Crippen molar-refractivity contribution < 1.29 is 163 Å². The maximum absolute atomic E-state index is 14.1. The third-order valence-corrected chi connectivity index (χ3v) is 16.6. The predicted octanol–water partition coefficient (Wildman–Crippen LogP) is 11.8. The summed E-state index contributed by atoms with van der Waals surface area (Å²) in [6, 6.07) is 21.6. The van der Waals surface area contributed by atoms with Crippen molar-refractivity contribution in [1.29, 1.82) is 0 Å². The van der Waals surface area contributed by atoms with Crippen LogP contribution in [-0.4, -0.2) is 273 Å². The highest BCUT2D eigenvalue weighted by molar-refractivity contribution is 5.85. The van der Waals surface area contributed by atoms with E-state index in [0.717, 1.165) is 0 Å². The fourth-order valence-electron chi connectivity index (χ4n) is 11.4. The molecular weight excluding hydrogens is 1560 g/mol. The lowest BCUT2D eigenvalue weighted by Crippen LogP contribution is -2.46. The number of nitrogens with zero attached hydrogens (tertiary/aromatic N) is 8. The number of amides is 8. The van der Waals surface area contributed by atoms with Crippen molar-refractivity contribution in [2.75, 3.05) is 132 Å². The number of hydrogen-bond donors (Lipinski definition) is 1. The number of alkyl halides is 24. The van der Waals surface area contributed by atoms with Gasteiger partial charge in [-0.15, -0.1) is 0 Å². The first kappa shape index (κ1) is 96.5. The summed E-state index contributed by atoms with van der Waals surface area (Å²) in [6.07, 6.45) is -54.0. The SMILES string of the molecule is COc1ccc(C(OCCCN(CCCN(CCCCN(CCCN(CCCCN(CCCN(CCCCN(CCCN(CCCO)C(=O)C(F)(F)F)C(=O)C(F)(F)F)C(=O)C(F)(F)F)C(=O)C(F)(F)F)C(=O)C(F)(F)F)C(=O)C(F)(F)F)C(=O)C(F)(F)F)C(=O)C(F)(F)F)(c2ccccc2)c2ccc(OC)cc2)cc1. The Bertz CT molecular complexity index is 3360. The first-order valence-electron chi connectivity index (χ1n) is 33.9. The highest BCUT2D eigenvalue weighted by Crippen LogP contribution is 2.42. The molecule has 20 nitrogen and oxygen atoms in total. The molecule has 0 aliphatic heterocycles. The summed E-state index contributed by atoms with van der Waals surface area (Å²) in [7, 11) is 2.83. The summed E-state index contributed by atoms with van der Waals surface area (Å²) in [5.41, 5.74) is 0.0264. The molecule has 0 aliphatic carbocycles. The number of carbonyl (C=O) groups excluding carboxylic acids is 8. The summed E-state index contributed by atoms with van der Waals surface area (Å²) in [5.74, 6) is -20.0. The quantitative estimate of drug-likeness (QED) is 0.0318. The Balaban J connectivity index is 1.73. The van der Waals surface area contributed by atoms with Crippen LogP contribution in [0.2, 0.25) is 0 Å². The van der Waals surface area contributed by atoms with E-state index in [-0.39, 0.29) is 52.2 Å². The summed E-state index contributed by atoms with van der Waals surface area (Å²) in [6.45, 7) is -17.6. The van der Waals surface area contributed by atoms with E-state index < -0.39 is 284 Å². The van der Waals surface area contributed by atoms with Gasteiger partial charge in [0, 0.05) is 111 Å². The topological polar surface area (TPSA) is 210 Å². The number of aliphatic hydroxyl groups excluding tert-OH is 1. The molecule has 3 rings (SSSR count). The predicted molar refractivity (Wildman–Crippen MR) is 342 cm³/mol. The summed E-state index contributed by atoms with van der Waals surface area (Å²) in [5, 5.41) is 8.97. The molecule has 0 fully saturated rings. The molecule has 44 heteroatoms. The molecule has 8 amide bonds. The lowest BCUT2D eigenvalue weighted by atomic mass is 9.80. The molecule has 111 heavy (non-hydrogen) atoms. The van der Waals surface area contributed by atoms with Crippen LogP contribution in [0, 0.1) is 0 Å². The number of hydrogen-bond acceptors (Lipinski definition) is 12. The molecule has 0 aliphatic rings. The third-order valence-electron chi connectivity index (χ3n) is 16.6. The molecule has 0 radical (unpaired) electrons. The molecule has 0 heterocycles. The average Bonchev–Trinajstić information content (AvgIpc) is 0.753. The fourth-order valence-corrected chi connectivity index (χ4v) is 11.4. The zero-order valence-electron chi connectivity index (χ0n) is 59.3. The Morgan fingerprint density at radius 1 is 0.261 bits per heavy atom. The smallest absolute Gasteiger partial charge is 0.471 e. The van der Waals surface area contributed by atoms with Gasteiger partial charge in [-0.1, -0.05) is 54.6 Å². The van der Waals surface area contributed by atoms with E-state index in [1.54, 1.807) is 78.9 Å². The molecule has 0 saturated heterocycles. The van der Waals surface area contributed by atoms with Crippen molar-refractivity contribution >= 4 is 47.3 Å². The number of halogens is 24. The van der Waals surface area contributed by atoms with Crippen molar-refractivity contribution in [3.8, 4) is 11.5 Å². The Kier molecular flexibility index (Phi) is 37.2. The van der Waals surface area contributed by atoms with Gasteiger partial charge in [-0.3, -0.25) is 38.4 Å². The van der Waals surface area contributed by atoms with Gasteiger partial charge in [0.2, 0.25) is 0 Å². The minimum absolute atomic E-state index is 0.0193. The van der Waals surface area contributed by atoms with E-state index in [4.69, 9.17) is 19.3 Å². The largest absolute Gasteiger partial charge is 0.497 e. The number of aliphatic hydroxyl groups is 1. The van der Waals surface area contributed by atoms with E-state index in [2.05, 4.69) is 0 Å². The van der Waals surface area contributed by atoms with E-state index in [1.807, 2.05) is 0 Å². The fraction of sp³-hybridized carbons (Fsp3) is 0.612. The monoisotopic (exact) mass is 1640 g/mol. The normalized spacial score (nSPS) is 12.6. The highest BCUT2D eigenvalue weighted by atomic mass is 19.4. The van der Waals surface area contributed by atoms with Crippen molar-refractivity contribution in [2.24, 2.45) is 0 Å². The Labute approximate surface area is 619 Å². The van der Waals surface area contributed by atoms with Crippen LogP contribution in [-0.2, 0) is 48.7 Å². The Morgan fingerprint density at radius 3 is 0.631 bits per heavy atom. The standard InChI is InChI=1S/C67H80F24N8O12/c1-109-49-24-20-47(21-25-49)59(46-18-4-3-5-19-46,48-22-26-50(110-2)27-23-48)111-45-17-43-99(58(108)67(89,90)91)41-15-39-97(56(106)65(83,84)85)33-11-9-31-95(54(104)63(77,78)79)37-13-35-93(52(102)61(71,72)73)29-7-6-28-92(51(101)60(68,69)70)34-12-36-94(53(103)62(74,75)76)30-8-10-32-96(55(105)64(80,81)82)38-14-40-98(42-16-44-100)57(107)66(86,87)88/h3-5,18-27,100H,6-17,28-45H2,1-2H3. The van der Waals surface area contributed by atoms with Crippen molar-refractivity contribution in [3.63, 3.8) is 0 Å². The number of carbonyl (C=O) groups is 8. The molecule has 0 saturated carbocycles. The van der Waals surface area contributed by atoms with Gasteiger partial charge < -0.3 is 58.5 Å². The zero-order valence-corrected chi connectivity index (χ0v) is 59.3. The number of methoxy groups -OCH3 is 2. The van der Waals surface area contributed by atoms with Crippen LogP contribution >= 0.6 is 0 Å². The van der Waals surface area contributed by atoms with Gasteiger partial charge in [0.15, 0.2) is 0 Å². The van der Waals surface area contributed by atoms with Gasteiger partial charge in [-0.05, 0) is 118 Å². The highest BCUT2D eigenvalue weighted by Gasteiger charge is 2.49. The van der Waals surface area contributed by atoms with Crippen LogP contribution in [0.3, 0.4) is 0 Å². The molecule has 3 aromatic rings. The second kappa shape index (κ2) is 42.8. The molecule has 3 aromatic carbocycles. The molecule has 0 atom stereocenters. The van der Waals surface area contributed by atoms with E-state index in [1.165, 1.54) is 14.2 Å². The number of unbranched alkanes of at least 4 members (excludes halogenated alkanes) is 3. The molecule has 1 N–H and O–H groups in total. The first-order chi connectivity index (χ1) is 51.4.